The maximum atomic E-state index is 11.8. The van der Waals surface area contributed by atoms with E-state index in [9.17, 15) is 9.59 Å². The topological polar surface area (TPSA) is 63.4 Å². The van der Waals surface area contributed by atoms with E-state index in [2.05, 4.69) is 19.1 Å². The van der Waals surface area contributed by atoms with Gasteiger partial charge in [0.15, 0.2) is 0 Å². The standard InChI is InChI=1S/C15H22N2O2/c1-12(8-9-13-6-4-3-5-7-13)10-15(19)17(2)11-14(16)18/h3-7,12H,8-11H2,1-2H3,(H2,16,18). The molecule has 0 saturated carbocycles. The summed E-state index contributed by atoms with van der Waals surface area (Å²) in [5.41, 5.74) is 6.35. The zero-order valence-electron chi connectivity index (χ0n) is 11.6. The number of nitrogens with zero attached hydrogens (tertiary/aromatic N) is 1. The minimum absolute atomic E-state index is 0.00968. The number of carbonyl (C=O) groups excluding carboxylic acids is 2. The Kier molecular flexibility index (Phi) is 6.06. The van der Waals surface area contributed by atoms with Gasteiger partial charge in [-0.3, -0.25) is 9.59 Å². The summed E-state index contributed by atoms with van der Waals surface area (Å²) in [5, 5.41) is 0. The molecule has 0 fully saturated rings. The van der Waals surface area contributed by atoms with Crippen LogP contribution in [-0.4, -0.2) is 30.3 Å². The van der Waals surface area contributed by atoms with E-state index in [0.29, 0.717) is 12.3 Å². The van der Waals surface area contributed by atoms with Gasteiger partial charge in [-0.1, -0.05) is 37.3 Å². The fourth-order valence-corrected chi connectivity index (χ4v) is 1.94. The maximum absolute atomic E-state index is 11.8. The molecule has 4 heteroatoms. The number of hydrogen-bond donors (Lipinski definition) is 1. The highest BCUT2D eigenvalue weighted by atomic mass is 16.2. The lowest BCUT2D eigenvalue weighted by atomic mass is 9.98. The summed E-state index contributed by atoms with van der Waals surface area (Å²) in [6.45, 7) is 2.04. The van der Waals surface area contributed by atoms with E-state index < -0.39 is 5.91 Å². The maximum Gasteiger partial charge on any atom is 0.237 e. The average Bonchev–Trinajstić information content (AvgIpc) is 2.36. The molecule has 2 amide bonds. The highest BCUT2D eigenvalue weighted by Crippen LogP contribution is 2.13. The summed E-state index contributed by atoms with van der Waals surface area (Å²) in [6, 6.07) is 10.2. The molecule has 2 N–H and O–H groups in total. The number of amides is 2. The molecule has 0 aliphatic rings. The summed E-state index contributed by atoms with van der Waals surface area (Å²) >= 11 is 0. The zero-order chi connectivity index (χ0) is 14.3. The normalized spacial score (nSPS) is 11.9. The van der Waals surface area contributed by atoms with Gasteiger partial charge in [-0.25, -0.2) is 0 Å². The van der Waals surface area contributed by atoms with E-state index in [-0.39, 0.29) is 12.5 Å². The summed E-state index contributed by atoms with van der Waals surface area (Å²) in [6.07, 6.45) is 2.38. The molecule has 1 aromatic carbocycles. The van der Waals surface area contributed by atoms with E-state index >= 15 is 0 Å². The number of rotatable bonds is 7. The minimum atomic E-state index is -0.479. The van der Waals surface area contributed by atoms with Gasteiger partial charge < -0.3 is 10.6 Å². The van der Waals surface area contributed by atoms with Crippen molar-refractivity contribution < 1.29 is 9.59 Å². The van der Waals surface area contributed by atoms with Gasteiger partial charge in [0.1, 0.15) is 0 Å². The predicted molar refractivity (Wildman–Crippen MR) is 75.4 cm³/mol. The SMILES string of the molecule is CC(CCc1ccccc1)CC(=O)N(C)CC(N)=O. The molecule has 0 bridgehead atoms. The summed E-state index contributed by atoms with van der Waals surface area (Å²) < 4.78 is 0. The van der Waals surface area contributed by atoms with Gasteiger partial charge in [-0.15, -0.1) is 0 Å². The molecule has 0 heterocycles. The van der Waals surface area contributed by atoms with Gasteiger partial charge in [0.2, 0.25) is 11.8 Å². The Morgan fingerprint density at radius 3 is 2.47 bits per heavy atom. The molecule has 1 unspecified atom stereocenters. The van der Waals surface area contributed by atoms with E-state index in [1.165, 1.54) is 10.5 Å². The molecule has 104 valence electrons. The third-order valence-corrected chi connectivity index (χ3v) is 3.11. The Balaban J connectivity index is 2.32. The molecular formula is C15H22N2O2. The van der Waals surface area contributed by atoms with Gasteiger partial charge >= 0.3 is 0 Å². The number of primary amides is 1. The number of benzene rings is 1. The smallest absolute Gasteiger partial charge is 0.237 e. The molecule has 1 aromatic rings. The number of nitrogens with two attached hydrogens (primary N) is 1. The van der Waals surface area contributed by atoms with Crippen LogP contribution < -0.4 is 5.73 Å². The third kappa shape index (κ3) is 6.04. The molecule has 1 atom stereocenters. The number of hydrogen-bond acceptors (Lipinski definition) is 2. The minimum Gasteiger partial charge on any atom is -0.368 e. The second kappa shape index (κ2) is 7.56. The number of aryl methyl sites for hydroxylation is 1. The Morgan fingerprint density at radius 1 is 1.26 bits per heavy atom. The van der Waals surface area contributed by atoms with E-state index in [0.717, 1.165) is 12.8 Å². The number of likely N-dealkylation sites (N-methyl/N-ethyl adjacent to an activating group) is 1. The van der Waals surface area contributed by atoms with Gasteiger partial charge in [0, 0.05) is 13.5 Å². The first-order chi connectivity index (χ1) is 8.99. The lowest BCUT2D eigenvalue weighted by Gasteiger charge is -2.18. The van der Waals surface area contributed by atoms with Crippen LogP contribution in [0.4, 0.5) is 0 Å². The van der Waals surface area contributed by atoms with Crippen molar-refractivity contribution in [2.24, 2.45) is 11.7 Å². The molecular weight excluding hydrogens is 240 g/mol. The van der Waals surface area contributed by atoms with Crippen LogP contribution in [-0.2, 0) is 16.0 Å². The molecule has 0 aliphatic carbocycles. The van der Waals surface area contributed by atoms with Crippen LogP contribution in [0.15, 0.2) is 30.3 Å². The zero-order valence-corrected chi connectivity index (χ0v) is 11.6. The van der Waals surface area contributed by atoms with Crippen LogP contribution in [0.25, 0.3) is 0 Å². The molecule has 0 aromatic heterocycles. The summed E-state index contributed by atoms with van der Waals surface area (Å²) in [7, 11) is 1.61. The van der Waals surface area contributed by atoms with Crippen LogP contribution in [0.5, 0.6) is 0 Å². The van der Waals surface area contributed by atoms with Crippen molar-refractivity contribution in [2.75, 3.05) is 13.6 Å². The first-order valence-electron chi connectivity index (χ1n) is 6.55. The fraction of sp³-hybridized carbons (Fsp3) is 0.467. The lowest BCUT2D eigenvalue weighted by Crippen LogP contribution is -2.36. The van der Waals surface area contributed by atoms with Crippen molar-refractivity contribution in [2.45, 2.75) is 26.2 Å². The Hall–Kier alpha value is -1.84. The average molecular weight is 262 g/mol. The molecule has 1 rings (SSSR count). The molecule has 19 heavy (non-hydrogen) atoms. The third-order valence-electron chi connectivity index (χ3n) is 3.11. The van der Waals surface area contributed by atoms with Gasteiger partial charge in [0.05, 0.1) is 6.54 Å². The van der Waals surface area contributed by atoms with Gasteiger partial charge in [-0.05, 0) is 24.3 Å². The largest absolute Gasteiger partial charge is 0.368 e. The predicted octanol–water partition coefficient (Wildman–Crippen LogP) is 1.59. The van der Waals surface area contributed by atoms with E-state index in [4.69, 9.17) is 5.73 Å². The van der Waals surface area contributed by atoms with Crippen molar-refractivity contribution in [1.29, 1.82) is 0 Å². The summed E-state index contributed by atoms with van der Waals surface area (Å²) in [4.78, 5) is 23.9. The van der Waals surface area contributed by atoms with Crippen LogP contribution in [0.2, 0.25) is 0 Å². The van der Waals surface area contributed by atoms with Crippen molar-refractivity contribution in [3.05, 3.63) is 35.9 Å². The van der Waals surface area contributed by atoms with Crippen LogP contribution in [0.3, 0.4) is 0 Å². The fourth-order valence-electron chi connectivity index (χ4n) is 1.94. The van der Waals surface area contributed by atoms with Crippen LogP contribution in [0.1, 0.15) is 25.3 Å². The summed E-state index contributed by atoms with van der Waals surface area (Å²) in [5.74, 6) is -0.213. The molecule has 0 radical (unpaired) electrons. The van der Waals surface area contributed by atoms with Crippen molar-refractivity contribution >= 4 is 11.8 Å². The molecule has 4 nitrogen and oxygen atoms in total. The van der Waals surface area contributed by atoms with E-state index in [1.807, 2.05) is 18.2 Å². The van der Waals surface area contributed by atoms with Gasteiger partial charge in [0.25, 0.3) is 0 Å². The monoisotopic (exact) mass is 262 g/mol. The van der Waals surface area contributed by atoms with Crippen LogP contribution >= 0.6 is 0 Å². The van der Waals surface area contributed by atoms with Crippen LogP contribution in [0, 0.1) is 5.92 Å². The molecule has 0 spiro atoms. The molecule has 0 saturated heterocycles. The second-order valence-corrected chi connectivity index (χ2v) is 5.05. The van der Waals surface area contributed by atoms with Crippen molar-refractivity contribution in [3.8, 4) is 0 Å². The molecule has 0 aliphatic heterocycles. The first kappa shape index (κ1) is 15.2. The van der Waals surface area contributed by atoms with Crippen molar-refractivity contribution in [3.63, 3.8) is 0 Å². The quantitative estimate of drug-likeness (QED) is 0.811. The van der Waals surface area contributed by atoms with E-state index in [1.54, 1.807) is 7.05 Å². The van der Waals surface area contributed by atoms with Gasteiger partial charge in [-0.2, -0.15) is 0 Å². The highest BCUT2D eigenvalue weighted by molar-refractivity contribution is 5.83. The van der Waals surface area contributed by atoms with Crippen molar-refractivity contribution in [1.82, 2.24) is 4.90 Å². The second-order valence-electron chi connectivity index (χ2n) is 5.05. The number of carbonyl (C=O) groups is 2. The Bertz CT molecular complexity index is 417. The Labute approximate surface area is 114 Å². The lowest BCUT2D eigenvalue weighted by molar-refractivity contribution is -0.134. The highest BCUT2D eigenvalue weighted by Gasteiger charge is 2.14. The first-order valence-corrected chi connectivity index (χ1v) is 6.55. The Morgan fingerprint density at radius 2 is 1.89 bits per heavy atom.